The van der Waals surface area contributed by atoms with Gasteiger partial charge in [0.15, 0.2) is 5.72 Å². The summed E-state index contributed by atoms with van der Waals surface area (Å²) < 4.78 is 16.3. The summed E-state index contributed by atoms with van der Waals surface area (Å²) in [5.41, 5.74) is 4.10. The first-order chi connectivity index (χ1) is 21.5. The van der Waals surface area contributed by atoms with Crippen LogP contribution in [0.4, 0.5) is 0 Å². The monoisotopic (exact) mass is 643 g/mol. The van der Waals surface area contributed by atoms with E-state index >= 15 is 0 Å². The van der Waals surface area contributed by atoms with Gasteiger partial charge in [-0.25, -0.2) is 4.79 Å². The minimum atomic E-state index is -1.96. The normalized spacial score (nSPS) is 23.8. The van der Waals surface area contributed by atoms with Gasteiger partial charge in [-0.05, 0) is 58.4 Å². The number of aliphatic hydroxyl groups is 1. The van der Waals surface area contributed by atoms with Crippen LogP contribution < -0.4 is 5.32 Å². The zero-order valence-electron chi connectivity index (χ0n) is 26.3. The van der Waals surface area contributed by atoms with Crippen LogP contribution in [0.15, 0.2) is 36.4 Å². The summed E-state index contributed by atoms with van der Waals surface area (Å²) in [5.74, 6) is 0.901. The highest BCUT2D eigenvalue weighted by molar-refractivity contribution is 7.99. The van der Waals surface area contributed by atoms with E-state index in [0.717, 1.165) is 60.7 Å². The summed E-state index contributed by atoms with van der Waals surface area (Å²) in [6.45, 7) is 11.0. The Morgan fingerprint density at radius 2 is 1.64 bits per heavy atom. The summed E-state index contributed by atoms with van der Waals surface area (Å²) in [6, 6.07) is 12.9. The second-order valence-electron chi connectivity index (χ2n) is 13.2. The molecular formula is C35H37N3O5S2. The van der Waals surface area contributed by atoms with Crippen molar-refractivity contribution in [3.8, 4) is 0 Å². The Labute approximate surface area is 269 Å². The summed E-state index contributed by atoms with van der Waals surface area (Å²) in [7, 11) is 1.31. The predicted octanol–water partition coefficient (Wildman–Crippen LogP) is 6.94. The van der Waals surface area contributed by atoms with E-state index in [2.05, 4.69) is 74.0 Å². The zero-order valence-corrected chi connectivity index (χ0v) is 27.9. The van der Waals surface area contributed by atoms with Crippen molar-refractivity contribution in [3.63, 3.8) is 0 Å². The fourth-order valence-corrected chi connectivity index (χ4v) is 9.20. The maximum Gasteiger partial charge on any atom is 0.343 e. The second kappa shape index (κ2) is 9.91. The van der Waals surface area contributed by atoms with E-state index in [1.165, 1.54) is 18.2 Å². The lowest BCUT2D eigenvalue weighted by Gasteiger charge is -2.37. The van der Waals surface area contributed by atoms with Crippen molar-refractivity contribution in [2.75, 3.05) is 7.11 Å². The number of carbonyl (C=O) groups is 2. The van der Waals surface area contributed by atoms with Crippen LogP contribution in [-0.2, 0) is 38.0 Å². The van der Waals surface area contributed by atoms with E-state index in [0.29, 0.717) is 22.6 Å². The average molecular weight is 644 g/mol. The van der Waals surface area contributed by atoms with Crippen molar-refractivity contribution in [2.24, 2.45) is 0 Å². The van der Waals surface area contributed by atoms with Crippen LogP contribution in [-0.4, -0.2) is 49.3 Å². The van der Waals surface area contributed by atoms with Gasteiger partial charge in [0.25, 0.3) is 5.91 Å². The Bertz CT molecular complexity index is 2110. The first-order valence-electron chi connectivity index (χ1n) is 15.6. The number of nitrogens with zero attached hydrogens (tertiary/aromatic N) is 2. The number of hydrogen-bond donors (Lipinski definition) is 2. The van der Waals surface area contributed by atoms with Crippen molar-refractivity contribution in [3.05, 3.63) is 58.7 Å². The van der Waals surface area contributed by atoms with Crippen molar-refractivity contribution >= 4 is 79.0 Å². The lowest BCUT2D eigenvalue weighted by Crippen LogP contribution is -2.56. The number of amides is 1. The van der Waals surface area contributed by atoms with Crippen molar-refractivity contribution < 1.29 is 24.2 Å². The van der Waals surface area contributed by atoms with Gasteiger partial charge in [0, 0.05) is 46.0 Å². The fraction of sp³-hybridized carbons (Fsp3) is 0.429. The SMILES string of the molecule is COC(=O)[C@@]1(O)CC2O[C@]1(C)n1c3ccc(CSC(C)C)cc3c3c4c(c5c6cc(CSC(C)C)ccc6n2c5c31)C(=O)NC4. The molecule has 3 aromatic carbocycles. The molecule has 8 nitrogen and oxygen atoms in total. The third-order valence-electron chi connectivity index (χ3n) is 9.84. The minimum absolute atomic E-state index is 0.00695. The molecule has 2 bridgehead atoms. The van der Waals surface area contributed by atoms with Crippen molar-refractivity contribution in [1.82, 2.24) is 14.5 Å². The molecule has 1 fully saturated rings. The average Bonchev–Trinajstić information content (AvgIpc) is 3.70. The molecule has 3 aliphatic heterocycles. The Morgan fingerprint density at radius 1 is 1.02 bits per heavy atom. The smallest absolute Gasteiger partial charge is 0.343 e. The zero-order chi connectivity index (χ0) is 31.6. The number of ether oxygens (including phenoxy) is 2. The summed E-state index contributed by atoms with van der Waals surface area (Å²) in [4.78, 5) is 27.3. The number of rotatable bonds is 7. The van der Waals surface area contributed by atoms with E-state index in [-0.39, 0.29) is 12.3 Å². The van der Waals surface area contributed by atoms with Crippen molar-refractivity contribution in [2.45, 2.75) is 87.1 Å². The van der Waals surface area contributed by atoms with Gasteiger partial charge in [-0.15, -0.1) is 0 Å². The first kappa shape index (κ1) is 29.2. The van der Waals surface area contributed by atoms with E-state index in [4.69, 9.17) is 9.47 Å². The van der Waals surface area contributed by atoms with Crippen LogP contribution in [0.1, 0.15) is 74.3 Å². The molecule has 0 saturated carbocycles. The van der Waals surface area contributed by atoms with Crippen LogP contribution >= 0.6 is 23.5 Å². The first-order valence-corrected chi connectivity index (χ1v) is 17.7. The van der Waals surface area contributed by atoms with Crippen LogP contribution in [0.3, 0.4) is 0 Å². The molecule has 2 aromatic heterocycles. The molecule has 5 heterocycles. The van der Waals surface area contributed by atoms with Crippen LogP contribution in [0.25, 0.3) is 43.6 Å². The standard InChI is InChI=1S/C35H37N3O5S2/c1-17(2)44-15-19-7-9-24-21(11-19)28-29-23(14-36-32(29)39)27-22-12-20(16-45-18(3)4)8-10-25(22)38-31(27)30(28)37(24)26-13-35(41,33(40)42-6)34(38,5)43-26/h7-12,17-18,26,41H,13-16H2,1-6H3,(H,36,39)/t26?,34-,35-/m0/s1. The molecule has 3 aliphatic rings. The Hall–Kier alpha value is -3.18. The van der Waals surface area contributed by atoms with E-state index < -0.39 is 23.5 Å². The predicted molar refractivity (Wildman–Crippen MR) is 182 cm³/mol. The number of nitrogens with one attached hydrogen (secondary N) is 1. The molecule has 3 atom stereocenters. The van der Waals surface area contributed by atoms with Gasteiger partial charge in [0.1, 0.15) is 6.23 Å². The number of aromatic nitrogens is 2. The van der Waals surface area contributed by atoms with Gasteiger partial charge in [-0.3, -0.25) is 4.79 Å². The molecule has 234 valence electrons. The van der Waals surface area contributed by atoms with Gasteiger partial charge >= 0.3 is 5.97 Å². The molecule has 0 radical (unpaired) electrons. The largest absolute Gasteiger partial charge is 0.467 e. The molecule has 5 aromatic rings. The minimum Gasteiger partial charge on any atom is -0.467 e. The number of hydrogen-bond acceptors (Lipinski definition) is 7. The molecule has 45 heavy (non-hydrogen) atoms. The molecule has 2 N–H and O–H groups in total. The maximum atomic E-state index is 13.8. The summed E-state index contributed by atoms with van der Waals surface area (Å²) in [5, 5.41) is 20.3. The quantitative estimate of drug-likeness (QED) is 0.186. The van der Waals surface area contributed by atoms with E-state index in [1.54, 1.807) is 6.92 Å². The lowest BCUT2D eigenvalue weighted by molar-refractivity contribution is -0.202. The highest BCUT2D eigenvalue weighted by atomic mass is 32.2. The molecule has 1 amide bonds. The highest BCUT2D eigenvalue weighted by Crippen LogP contribution is 2.58. The van der Waals surface area contributed by atoms with E-state index in [9.17, 15) is 14.7 Å². The fourth-order valence-electron chi connectivity index (χ4n) is 7.79. The molecule has 0 aliphatic carbocycles. The van der Waals surface area contributed by atoms with Crippen LogP contribution in [0, 0.1) is 0 Å². The van der Waals surface area contributed by atoms with Crippen LogP contribution in [0.2, 0.25) is 0 Å². The molecule has 1 saturated heterocycles. The topological polar surface area (TPSA) is 94.7 Å². The third-order valence-corrected chi connectivity index (χ3v) is 12.2. The maximum absolute atomic E-state index is 13.8. The van der Waals surface area contributed by atoms with Gasteiger partial charge < -0.3 is 29.0 Å². The summed E-state index contributed by atoms with van der Waals surface area (Å²) in [6.07, 6.45) is -0.662. The third kappa shape index (κ3) is 3.82. The Balaban J connectivity index is 1.56. The summed E-state index contributed by atoms with van der Waals surface area (Å²) >= 11 is 3.75. The van der Waals surface area contributed by atoms with Crippen molar-refractivity contribution in [1.29, 1.82) is 0 Å². The van der Waals surface area contributed by atoms with Crippen LogP contribution in [0.5, 0.6) is 0 Å². The van der Waals surface area contributed by atoms with Gasteiger partial charge in [-0.1, -0.05) is 39.8 Å². The molecule has 8 rings (SSSR count). The Morgan fingerprint density at radius 3 is 2.27 bits per heavy atom. The molecule has 1 unspecified atom stereocenters. The number of carbonyl (C=O) groups excluding carboxylic acids is 2. The molecular weight excluding hydrogens is 607 g/mol. The number of fused-ring (bicyclic) bond motifs is 13. The number of methoxy groups -OCH3 is 1. The van der Waals surface area contributed by atoms with Gasteiger partial charge in [0.2, 0.25) is 5.60 Å². The molecule has 10 heteroatoms. The lowest BCUT2D eigenvalue weighted by atomic mass is 9.88. The number of benzene rings is 3. The number of esters is 1. The Kier molecular flexibility index (Phi) is 6.44. The van der Waals surface area contributed by atoms with Gasteiger partial charge in [-0.2, -0.15) is 23.5 Å². The molecule has 0 spiro atoms. The highest BCUT2D eigenvalue weighted by Gasteiger charge is 2.65. The van der Waals surface area contributed by atoms with E-state index in [1.807, 2.05) is 28.1 Å². The second-order valence-corrected chi connectivity index (χ2v) is 16.4. The number of thioether (sulfide) groups is 2. The van der Waals surface area contributed by atoms with Gasteiger partial charge in [0.05, 0.1) is 34.7 Å².